The third-order valence-corrected chi connectivity index (χ3v) is 8.33. The fourth-order valence-corrected chi connectivity index (χ4v) is 6.04. The Hall–Kier alpha value is -3.28. The zero-order valence-electron chi connectivity index (χ0n) is 21.0. The van der Waals surface area contributed by atoms with Gasteiger partial charge >= 0.3 is 0 Å². The molecule has 0 bridgehead atoms. The van der Waals surface area contributed by atoms with Gasteiger partial charge < -0.3 is 19.1 Å². The highest BCUT2D eigenvalue weighted by Crippen LogP contribution is 2.55. The van der Waals surface area contributed by atoms with E-state index in [4.69, 9.17) is 14.2 Å². The van der Waals surface area contributed by atoms with Crippen LogP contribution in [0.15, 0.2) is 41.7 Å². The molecule has 0 radical (unpaired) electrons. The van der Waals surface area contributed by atoms with Crippen LogP contribution in [-0.2, 0) is 21.5 Å². The van der Waals surface area contributed by atoms with E-state index in [1.807, 2.05) is 18.3 Å². The summed E-state index contributed by atoms with van der Waals surface area (Å²) in [5, 5.41) is 0. The van der Waals surface area contributed by atoms with Gasteiger partial charge in [-0.3, -0.25) is 14.8 Å². The molecule has 3 aromatic rings. The first-order chi connectivity index (χ1) is 18.4. The van der Waals surface area contributed by atoms with Crippen molar-refractivity contribution in [3.8, 4) is 22.8 Å². The van der Waals surface area contributed by atoms with Gasteiger partial charge in [-0.2, -0.15) is 0 Å². The molecule has 1 saturated heterocycles. The number of carbonyl (C=O) groups excluding carboxylic acids is 1. The summed E-state index contributed by atoms with van der Waals surface area (Å²) in [5.41, 5.74) is 1.83. The lowest BCUT2D eigenvalue weighted by Gasteiger charge is -2.35. The van der Waals surface area contributed by atoms with E-state index in [0.29, 0.717) is 31.7 Å². The molecule has 0 atom stereocenters. The van der Waals surface area contributed by atoms with Crippen molar-refractivity contribution in [3.63, 3.8) is 0 Å². The highest BCUT2D eigenvalue weighted by molar-refractivity contribution is 7.97. The zero-order chi connectivity index (χ0) is 26.4. The molecule has 1 aliphatic carbocycles. The van der Waals surface area contributed by atoms with Crippen LogP contribution in [-0.4, -0.2) is 60.7 Å². The number of aromatic nitrogens is 2. The molecule has 1 aromatic carbocycles. The van der Waals surface area contributed by atoms with E-state index in [0.717, 1.165) is 45.6 Å². The highest BCUT2D eigenvalue weighted by Gasteiger charge is 2.57. The van der Waals surface area contributed by atoms with Gasteiger partial charge in [0, 0.05) is 48.2 Å². The van der Waals surface area contributed by atoms with Gasteiger partial charge in [0.05, 0.1) is 45.1 Å². The molecule has 1 saturated carbocycles. The van der Waals surface area contributed by atoms with E-state index >= 15 is 8.78 Å². The number of carbonyl (C=O) groups is 1. The molecule has 1 amide bonds. The Bertz CT molecular complexity index is 1380. The molecule has 0 unspecified atom stereocenters. The van der Waals surface area contributed by atoms with Crippen molar-refractivity contribution in [2.24, 2.45) is 0 Å². The van der Waals surface area contributed by atoms with Crippen LogP contribution >= 0.6 is 11.9 Å². The summed E-state index contributed by atoms with van der Waals surface area (Å²) in [5.74, 6) is -2.62. The van der Waals surface area contributed by atoms with Crippen molar-refractivity contribution in [2.45, 2.75) is 29.7 Å². The summed E-state index contributed by atoms with van der Waals surface area (Å²) in [7, 11) is 2.56. The summed E-state index contributed by atoms with van der Waals surface area (Å²) >= 11 is 1.63. The molecule has 8 nitrogen and oxygen atoms in total. The number of benzene rings is 1. The molecule has 198 valence electrons. The van der Waals surface area contributed by atoms with Crippen LogP contribution in [0.25, 0.3) is 11.3 Å². The molecule has 0 N–H and O–H groups in total. The molecular weight excluding hydrogens is 514 g/mol. The molecule has 3 aliphatic rings. The number of rotatable bonds is 6. The van der Waals surface area contributed by atoms with Crippen molar-refractivity contribution in [1.29, 1.82) is 0 Å². The van der Waals surface area contributed by atoms with Crippen LogP contribution < -0.4 is 14.4 Å². The molecule has 11 heteroatoms. The van der Waals surface area contributed by atoms with Crippen molar-refractivity contribution in [3.05, 3.63) is 59.6 Å². The first kappa shape index (κ1) is 25.0. The maximum atomic E-state index is 15.3. The Morgan fingerprint density at radius 1 is 1.00 bits per heavy atom. The number of ether oxygens (including phenoxy) is 3. The number of nitrogens with zero attached hydrogens (tertiary/aromatic N) is 4. The van der Waals surface area contributed by atoms with E-state index in [-0.39, 0.29) is 24.0 Å². The van der Waals surface area contributed by atoms with Crippen LogP contribution in [0.4, 0.5) is 14.5 Å². The first-order valence-corrected chi connectivity index (χ1v) is 13.1. The lowest BCUT2D eigenvalue weighted by Crippen LogP contribution is -2.45. The molecule has 2 fully saturated rings. The number of hydrogen-bond acceptors (Lipinski definition) is 8. The molecule has 6 rings (SSSR count). The maximum Gasteiger partial charge on any atom is 0.238 e. The quantitative estimate of drug-likeness (QED) is 0.427. The number of anilines is 1. The van der Waals surface area contributed by atoms with Gasteiger partial charge in [-0.05, 0) is 48.0 Å². The lowest BCUT2D eigenvalue weighted by molar-refractivity contribution is -0.121. The third kappa shape index (κ3) is 4.18. The van der Waals surface area contributed by atoms with Crippen LogP contribution in [0.3, 0.4) is 0 Å². The topological polar surface area (TPSA) is 77.0 Å². The maximum absolute atomic E-state index is 15.3. The molecule has 38 heavy (non-hydrogen) atoms. The average molecular weight is 541 g/mol. The number of pyridine rings is 2. The molecule has 1 spiro atoms. The van der Waals surface area contributed by atoms with Crippen molar-refractivity contribution in [1.82, 2.24) is 14.3 Å². The molecule has 2 aromatic heterocycles. The smallest absolute Gasteiger partial charge is 0.238 e. The third-order valence-electron chi connectivity index (χ3n) is 7.27. The standard InChI is InChI=1S/C27H26F2N4O4S/c1-35-21-11-22(36-2)24(29)25(23(21)28)33-15-17-13-31-20(10-19(17)27(3-4-27)26(33)34)16-9-18(14-30-12-16)38-32-5-7-37-8-6-32/h9-14H,3-8,15H2,1-2H3. The Morgan fingerprint density at radius 2 is 1.71 bits per heavy atom. The Morgan fingerprint density at radius 3 is 2.37 bits per heavy atom. The zero-order valence-corrected chi connectivity index (χ0v) is 21.8. The summed E-state index contributed by atoms with van der Waals surface area (Å²) < 4.78 is 48.4. The normalized spacial score (nSPS) is 18.4. The summed E-state index contributed by atoms with van der Waals surface area (Å²) in [4.78, 5) is 25.0. The van der Waals surface area contributed by atoms with Crippen LogP contribution in [0, 0.1) is 11.6 Å². The monoisotopic (exact) mass is 540 g/mol. The van der Waals surface area contributed by atoms with Crippen molar-refractivity contribution < 1.29 is 27.8 Å². The lowest BCUT2D eigenvalue weighted by atomic mass is 9.86. The van der Waals surface area contributed by atoms with Gasteiger partial charge in [0.2, 0.25) is 5.91 Å². The van der Waals surface area contributed by atoms with Crippen LogP contribution in [0.5, 0.6) is 11.5 Å². The van der Waals surface area contributed by atoms with Crippen LogP contribution in [0.2, 0.25) is 0 Å². The number of methoxy groups -OCH3 is 2. The largest absolute Gasteiger partial charge is 0.493 e. The molecule has 2 aliphatic heterocycles. The number of amides is 1. The number of fused-ring (bicyclic) bond motifs is 2. The average Bonchev–Trinajstić information content (AvgIpc) is 3.74. The van der Waals surface area contributed by atoms with Gasteiger partial charge in [0.15, 0.2) is 23.1 Å². The fourth-order valence-electron chi connectivity index (χ4n) is 5.12. The minimum absolute atomic E-state index is 0.0153. The van der Waals surface area contributed by atoms with Gasteiger partial charge in [0.25, 0.3) is 0 Å². The SMILES string of the molecule is COc1cc(OC)c(F)c(N2Cc3cnc(-c4cncc(SN5CCOCC5)c4)cc3C3(CC3)C2=O)c1F. The van der Waals surface area contributed by atoms with E-state index in [9.17, 15) is 4.79 Å². The summed E-state index contributed by atoms with van der Waals surface area (Å²) in [6.07, 6.45) is 6.45. The molecular formula is C27H26F2N4O4S. The highest BCUT2D eigenvalue weighted by atomic mass is 32.2. The van der Waals surface area contributed by atoms with Gasteiger partial charge in [-0.15, -0.1) is 0 Å². The van der Waals surface area contributed by atoms with Crippen molar-refractivity contribution >= 4 is 23.5 Å². The van der Waals surface area contributed by atoms with Crippen LogP contribution in [0.1, 0.15) is 24.0 Å². The van der Waals surface area contributed by atoms with Gasteiger partial charge in [0.1, 0.15) is 5.69 Å². The van der Waals surface area contributed by atoms with Crippen molar-refractivity contribution in [2.75, 3.05) is 45.4 Å². The first-order valence-electron chi connectivity index (χ1n) is 12.3. The summed E-state index contributed by atoms with van der Waals surface area (Å²) in [6.45, 7) is 3.07. The second-order valence-corrected chi connectivity index (χ2v) is 10.7. The second kappa shape index (κ2) is 9.79. The second-order valence-electron chi connectivity index (χ2n) is 9.50. The number of morpholine rings is 1. The van der Waals surface area contributed by atoms with E-state index in [1.165, 1.54) is 14.2 Å². The van der Waals surface area contributed by atoms with E-state index in [2.05, 4.69) is 14.3 Å². The van der Waals surface area contributed by atoms with E-state index < -0.39 is 22.7 Å². The Balaban J connectivity index is 1.35. The Kier molecular flexibility index (Phi) is 6.45. The predicted molar refractivity (Wildman–Crippen MR) is 137 cm³/mol. The van der Waals surface area contributed by atoms with Gasteiger partial charge in [-0.25, -0.2) is 13.1 Å². The van der Waals surface area contributed by atoms with E-state index in [1.54, 1.807) is 24.3 Å². The predicted octanol–water partition coefficient (Wildman–Crippen LogP) is 4.36. The fraction of sp³-hybridized carbons (Fsp3) is 0.370. The minimum Gasteiger partial charge on any atom is -0.493 e. The number of halogens is 2. The Labute approximate surface area is 223 Å². The molecule has 4 heterocycles. The minimum atomic E-state index is -0.941. The van der Waals surface area contributed by atoms with Gasteiger partial charge in [-0.1, -0.05) is 0 Å². The summed E-state index contributed by atoms with van der Waals surface area (Å²) in [6, 6.07) is 5.10. The number of hydrogen-bond donors (Lipinski definition) is 0.